The molecule has 0 bridgehead atoms. The largest absolute Gasteiger partial charge is 0.467 e. The summed E-state index contributed by atoms with van der Waals surface area (Å²) in [4.78, 5) is 23.3. The molecular weight excluding hydrogens is 296 g/mol. The molecule has 0 fully saturated rings. The Bertz CT molecular complexity index is 732. The first-order valence-corrected chi connectivity index (χ1v) is 6.93. The number of nitrogens with one attached hydrogen (secondary N) is 3. The van der Waals surface area contributed by atoms with Crippen LogP contribution in [0.4, 0.5) is 10.5 Å². The number of hydrogen-bond donors (Lipinski definition) is 3. The van der Waals surface area contributed by atoms with E-state index in [4.69, 9.17) is 9.68 Å². The zero-order chi connectivity index (χ0) is 16.7. The maximum absolute atomic E-state index is 11.7. The summed E-state index contributed by atoms with van der Waals surface area (Å²) in [6.45, 7) is 1.98. The number of benzene rings is 1. The summed E-state index contributed by atoms with van der Waals surface area (Å²) in [5, 5.41) is 16.5. The maximum atomic E-state index is 11.7. The first kappa shape index (κ1) is 16.1. The summed E-state index contributed by atoms with van der Waals surface area (Å²) in [6, 6.07) is 9.99. The molecule has 0 aliphatic rings. The van der Waals surface area contributed by atoms with E-state index >= 15 is 0 Å². The van der Waals surface area contributed by atoms with Gasteiger partial charge in [0.1, 0.15) is 5.76 Å². The van der Waals surface area contributed by atoms with Gasteiger partial charge in [0.2, 0.25) is 5.91 Å². The third-order valence-corrected chi connectivity index (χ3v) is 3.06. The van der Waals surface area contributed by atoms with Crippen molar-refractivity contribution in [3.8, 4) is 6.07 Å². The van der Waals surface area contributed by atoms with Crippen LogP contribution in [0.3, 0.4) is 0 Å². The third-order valence-electron chi connectivity index (χ3n) is 3.06. The Kier molecular flexibility index (Phi) is 5.36. The Morgan fingerprint density at radius 1 is 1.30 bits per heavy atom. The van der Waals surface area contributed by atoms with E-state index in [9.17, 15) is 9.59 Å². The number of nitrogens with zero attached hydrogens (tertiary/aromatic N) is 1. The van der Waals surface area contributed by atoms with E-state index in [1.54, 1.807) is 30.3 Å². The van der Waals surface area contributed by atoms with Crippen LogP contribution in [-0.2, 0) is 11.3 Å². The molecule has 1 aromatic carbocycles. The molecule has 23 heavy (non-hydrogen) atoms. The van der Waals surface area contributed by atoms with E-state index in [2.05, 4.69) is 16.0 Å². The van der Waals surface area contributed by atoms with Crippen molar-refractivity contribution in [3.05, 3.63) is 53.5 Å². The summed E-state index contributed by atoms with van der Waals surface area (Å²) in [5.74, 6) is 0.110. The van der Waals surface area contributed by atoms with E-state index in [0.717, 1.165) is 5.56 Å². The van der Waals surface area contributed by atoms with Gasteiger partial charge < -0.3 is 15.1 Å². The van der Waals surface area contributed by atoms with Crippen LogP contribution < -0.4 is 16.0 Å². The molecule has 0 saturated carbocycles. The van der Waals surface area contributed by atoms with Gasteiger partial charge in [-0.2, -0.15) is 5.26 Å². The zero-order valence-corrected chi connectivity index (χ0v) is 12.6. The van der Waals surface area contributed by atoms with E-state index < -0.39 is 11.9 Å². The number of urea groups is 1. The van der Waals surface area contributed by atoms with Crippen LogP contribution in [0, 0.1) is 18.3 Å². The second-order valence-corrected chi connectivity index (χ2v) is 4.81. The van der Waals surface area contributed by atoms with Crippen LogP contribution in [0.5, 0.6) is 0 Å². The van der Waals surface area contributed by atoms with Gasteiger partial charge in [0.15, 0.2) is 0 Å². The second kappa shape index (κ2) is 7.66. The summed E-state index contributed by atoms with van der Waals surface area (Å²) in [6.07, 6.45) is 1.50. The number of carbonyl (C=O) groups is 2. The number of nitriles is 1. The fourth-order valence-electron chi connectivity index (χ4n) is 1.85. The van der Waals surface area contributed by atoms with Crippen molar-refractivity contribution in [2.45, 2.75) is 13.5 Å². The lowest BCUT2D eigenvalue weighted by Gasteiger charge is -2.10. The molecule has 1 heterocycles. The molecule has 0 saturated heterocycles. The van der Waals surface area contributed by atoms with Crippen LogP contribution in [-0.4, -0.2) is 18.5 Å². The Morgan fingerprint density at radius 2 is 2.13 bits per heavy atom. The fourth-order valence-corrected chi connectivity index (χ4v) is 1.85. The van der Waals surface area contributed by atoms with Crippen LogP contribution in [0.1, 0.15) is 16.9 Å². The monoisotopic (exact) mass is 312 g/mol. The minimum absolute atomic E-state index is 0.0795. The van der Waals surface area contributed by atoms with Crippen LogP contribution >= 0.6 is 0 Å². The van der Waals surface area contributed by atoms with Gasteiger partial charge in [0, 0.05) is 5.69 Å². The van der Waals surface area contributed by atoms with Crippen molar-refractivity contribution >= 4 is 17.6 Å². The molecule has 7 heteroatoms. The standard InChI is InChI=1S/C16H16N4O3/c1-11-4-5-12(8-17)7-14(11)18-10-15(21)20-16(22)19-9-13-3-2-6-23-13/h2-7,18H,9-10H2,1H3,(H2,19,20,21,22). The number of aryl methyl sites for hydroxylation is 1. The van der Waals surface area contributed by atoms with E-state index in [0.29, 0.717) is 17.0 Å². The minimum Gasteiger partial charge on any atom is -0.467 e. The van der Waals surface area contributed by atoms with Crippen molar-refractivity contribution in [1.29, 1.82) is 5.26 Å². The molecule has 1 aromatic heterocycles. The fraction of sp³-hybridized carbons (Fsp3) is 0.188. The Labute approximate surface area is 133 Å². The average molecular weight is 312 g/mol. The Hall–Kier alpha value is -3.27. The summed E-state index contributed by atoms with van der Waals surface area (Å²) < 4.78 is 5.06. The first-order chi connectivity index (χ1) is 11.1. The molecule has 2 aromatic rings. The van der Waals surface area contributed by atoms with Gasteiger partial charge in [-0.3, -0.25) is 10.1 Å². The number of imide groups is 1. The third kappa shape index (κ3) is 4.89. The van der Waals surface area contributed by atoms with E-state index in [1.165, 1.54) is 6.26 Å². The van der Waals surface area contributed by atoms with Crippen molar-refractivity contribution < 1.29 is 14.0 Å². The highest BCUT2D eigenvalue weighted by molar-refractivity contribution is 5.96. The molecule has 2 rings (SSSR count). The molecule has 3 N–H and O–H groups in total. The summed E-state index contributed by atoms with van der Waals surface area (Å²) in [7, 11) is 0. The molecule has 0 spiro atoms. The van der Waals surface area contributed by atoms with Gasteiger partial charge >= 0.3 is 6.03 Å². The van der Waals surface area contributed by atoms with Crippen LogP contribution in [0.15, 0.2) is 41.0 Å². The first-order valence-electron chi connectivity index (χ1n) is 6.93. The molecule has 0 aliphatic heterocycles. The van der Waals surface area contributed by atoms with Gasteiger partial charge in [-0.1, -0.05) is 6.07 Å². The smallest absolute Gasteiger partial charge is 0.321 e. The number of hydrogen-bond acceptors (Lipinski definition) is 5. The molecular formula is C16H16N4O3. The van der Waals surface area contributed by atoms with Gasteiger partial charge in [0.25, 0.3) is 0 Å². The molecule has 7 nitrogen and oxygen atoms in total. The lowest BCUT2D eigenvalue weighted by Crippen LogP contribution is -2.41. The highest BCUT2D eigenvalue weighted by Gasteiger charge is 2.09. The van der Waals surface area contributed by atoms with Crippen molar-refractivity contribution in [2.75, 3.05) is 11.9 Å². The number of furan rings is 1. The highest BCUT2D eigenvalue weighted by Crippen LogP contribution is 2.15. The summed E-state index contributed by atoms with van der Waals surface area (Å²) >= 11 is 0. The van der Waals surface area contributed by atoms with E-state index in [-0.39, 0.29) is 13.1 Å². The predicted octanol–water partition coefficient (Wildman–Crippen LogP) is 1.90. The Morgan fingerprint density at radius 3 is 2.83 bits per heavy atom. The number of carbonyl (C=O) groups excluding carboxylic acids is 2. The number of amides is 3. The summed E-state index contributed by atoms with van der Waals surface area (Å²) in [5.41, 5.74) is 2.07. The minimum atomic E-state index is -0.601. The van der Waals surface area contributed by atoms with Gasteiger partial charge in [-0.25, -0.2) is 4.79 Å². The maximum Gasteiger partial charge on any atom is 0.321 e. The van der Waals surface area contributed by atoms with Crippen LogP contribution in [0.2, 0.25) is 0 Å². The van der Waals surface area contributed by atoms with Crippen molar-refractivity contribution in [1.82, 2.24) is 10.6 Å². The SMILES string of the molecule is Cc1ccc(C#N)cc1NCC(=O)NC(=O)NCc1ccco1. The number of rotatable bonds is 5. The molecule has 0 aliphatic carbocycles. The van der Waals surface area contributed by atoms with E-state index in [1.807, 2.05) is 13.0 Å². The molecule has 3 amide bonds. The lowest BCUT2D eigenvalue weighted by atomic mass is 10.1. The molecule has 0 atom stereocenters. The number of anilines is 1. The van der Waals surface area contributed by atoms with Crippen molar-refractivity contribution in [3.63, 3.8) is 0 Å². The highest BCUT2D eigenvalue weighted by atomic mass is 16.3. The zero-order valence-electron chi connectivity index (χ0n) is 12.6. The topological polar surface area (TPSA) is 107 Å². The molecule has 118 valence electrons. The lowest BCUT2D eigenvalue weighted by molar-refractivity contribution is -0.118. The van der Waals surface area contributed by atoms with Crippen LogP contribution in [0.25, 0.3) is 0 Å². The molecule has 0 radical (unpaired) electrons. The van der Waals surface area contributed by atoms with Gasteiger partial charge in [0.05, 0.1) is 31.0 Å². The van der Waals surface area contributed by atoms with Gasteiger partial charge in [-0.05, 0) is 36.8 Å². The normalized spacial score (nSPS) is 9.74. The van der Waals surface area contributed by atoms with Crippen molar-refractivity contribution in [2.24, 2.45) is 0 Å². The second-order valence-electron chi connectivity index (χ2n) is 4.81. The molecule has 0 unspecified atom stereocenters. The quantitative estimate of drug-likeness (QED) is 0.781. The van der Waals surface area contributed by atoms with Gasteiger partial charge in [-0.15, -0.1) is 0 Å². The predicted molar refractivity (Wildman–Crippen MR) is 83.5 cm³/mol. The average Bonchev–Trinajstić information content (AvgIpc) is 3.05. The Balaban J connectivity index is 1.78.